The first kappa shape index (κ1) is 20.1. The molecule has 1 saturated heterocycles. The van der Waals surface area contributed by atoms with Crippen LogP contribution in [-0.2, 0) is 13.1 Å². The molecule has 4 rings (SSSR count). The van der Waals surface area contributed by atoms with Gasteiger partial charge >= 0.3 is 0 Å². The van der Waals surface area contributed by atoms with Crippen molar-refractivity contribution in [3.63, 3.8) is 0 Å². The second kappa shape index (κ2) is 9.54. The van der Waals surface area contributed by atoms with Crippen LogP contribution >= 0.6 is 0 Å². The molecule has 1 unspecified atom stereocenters. The largest absolute Gasteiger partial charge is 0.396 e. The maximum absolute atomic E-state index is 11.9. The predicted molar refractivity (Wildman–Crippen MR) is 118 cm³/mol. The third-order valence-corrected chi connectivity index (χ3v) is 5.50. The molecule has 0 saturated carbocycles. The van der Waals surface area contributed by atoms with Crippen molar-refractivity contribution in [3.8, 4) is 0 Å². The molecule has 0 aliphatic carbocycles. The van der Waals surface area contributed by atoms with Gasteiger partial charge in [0.15, 0.2) is 0 Å². The van der Waals surface area contributed by atoms with E-state index >= 15 is 0 Å². The summed E-state index contributed by atoms with van der Waals surface area (Å²) in [6, 6.07) is 15.4. The lowest BCUT2D eigenvalue weighted by Gasteiger charge is -2.32. The summed E-state index contributed by atoms with van der Waals surface area (Å²) in [6.45, 7) is 3.23. The first-order chi connectivity index (χ1) is 14.7. The highest BCUT2D eigenvalue weighted by molar-refractivity contribution is 5.49. The quantitative estimate of drug-likeness (QED) is 0.629. The Bertz CT molecular complexity index is 1020. The maximum atomic E-state index is 11.9. The molecular weight excluding hydrogens is 378 g/mol. The van der Waals surface area contributed by atoms with Crippen LogP contribution in [-0.4, -0.2) is 39.3 Å². The Morgan fingerprint density at radius 2 is 1.93 bits per heavy atom. The fourth-order valence-corrected chi connectivity index (χ4v) is 3.78. The van der Waals surface area contributed by atoms with Gasteiger partial charge in [-0.05, 0) is 36.0 Å². The number of piperidine rings is 1. The van der Waals surface area contributed by atoms with Crippen LogP contribution in [0.25, 0.3) is 0 Å². The normalized spacial score (nSPS) is 16.4. The van der Waals surface area contributed by atoms with Gasteiger partial charge in [-0.1, -0.05) is 30.3 Å². The monoisotopic (exact) mass is 405 g/mol. The molecule has 3 heterocycles. The van der Waals surface area contributed by atoms with Crippen LogP contribution < -0.4 is 15.8 Å². The fraction of sp³-hybridized carbons (Fsp3) is 0.348. The molecule has 3 aromatic rings. The van der Waals surface area contributed by atoms with Crippen molar-refractivity contribution in [2.75, 3.05) is 29.9 Å². The van der Waals surface area contributed by atoms with Crippen molar-refractivity contribution >= 4 is 11.6 Å². The van der Waals surface area contributed by atoms with Gasteiger partial charge in [0.25, 0.3) is 5.56 Å². The van der Waals surface area contributed by atoms with Gasteiger partial charge in [-0.2, -0.15) is 0 Å². The standard InChI is InChI=1S/C23H27N5O2/c29-16-20-4-3-11-27(15-20)22-12-21(25-17-26-22)24-13-18-6-8-19(9-7-18)14-28-10-2-1-5-23(28)30/h1-2,5-10,12,17,20,29H,3-4,11,13-16H2,(H,24,25,26). The Morgan fingerprint density at radius 3 is 2.73 bits per heavy atom. The number of aromatic nitrogens is 3. The van der Waals surface area contributed by atoms with Crippen molar-refractivity contribution in [1.29, 1.82) is 0 Å². The van der Waals surface area contributed by atoms with Crippen molar-refractivity contribution in [3.05, 3.63) is 82.5 Å². The van der Waals surface area contributed by atoms with Crippen LogP contribution in [0.15, 0.2) is 65.8 Å². The van der Waals surface area contributed by atoms with E-state index in [-0.39, 0.29) is 12.2 Å². The van der Waals surface area contributed by atoms with Gasteiger partial charge in [0.1, 0.15) is 18.0 Å². The molecule has 1 aliphatic rings. The number of rotatable bonds is 7. The Hall–Kier alpha value is -3.19. The summed E-state index contributed by atoms with van der Waals surface area (Å²) in [5, 5.41) is 12.8. The Labute approximate surface area is 176 Å². The van der Waals surface area contributed by atoms with E-state index in [1.165, 1.54) is 0 Å². The Morgan fingerprint density at radius 1 is 1.10 bits per heavy atom. The smallest absolute Gasteiger partial charge is 0.250 e. The number of hydrogen-bond acceptors (Lipinski definition) is 6. The first-order valence-corrected chi connectivity index (χ1v) is 10.4. The number of hydrogen-bond donors (Lipinski definition) is 2. The van der Waals surface area contributed by atoms with Gasteiger partial charge in [-0.15, -0.1) is 0 Å². The Kier molecular flexibility index (Phi) is 6.39. The minimum atomic E-state index is 0.00169. The molecule has 7 heteroatoms. The highest BCUT2D eigenvalue weighted by Gasteiger charge is 2.20. The van der Waals surface area contributed by atoms with E-state index in [0.29, 0.717) is 19.0 Å². The maximum Gasteiger partial charge on any atom is 0.250 e. The number of aliphatic hydroxyl groups is 1. The molecule has 0 amide bonds. The minimum Gasteiger partial charge on any atom is -0.396 e. The van der Waals surface area contributed by atoms with E-state index in [1.807, 2.05) is 24.3 Å². The molecule has 7 nitrogen and oxygen atoms in total. The van der Waals surface area contributed by atoms with Crippen LogP contribution in [0.5, 0.6) is 0 Å². The van der Waals surface area contributed by atoms with E-state index in [9.17, 15) is 9.90 Å². The van der Waals surface area contributed by atoms with Gasteiger partial charge in [0.05, 0.1) is 6.54 Å². The lowest BCUT2D eigenvalue weighted by Crippen LogP contribution is -2.37. The number of pyridine rings is 1. The lowest BCUT2D eigenvalue weighted by molar-refractivity contribution is 0.208. The number of nitrogens with one attached hydrogen (secondary N) is 1. The molecule has 1 aromatic carbocycles. The van der Waals surface area contributed by atoms with Crippen molar-refractivity contribution in [2.24, 2.45) is 5.92 Å². The summed E-state index contributed by atoms with van der Waals surface area (Å²) in [5.41, 5.74) is 2.22. The molecule has 1 fully saturated rings. The summed E-state index contributed by atoms with van der Waals surface area (Å²) in [5.74, 6) is 2.00. The average molecular weight is 406 g/mol. The molecule has 0 bridgehead atoms. The van der Waals surface area contributed by atoms with E-state index in [4.69, 9.17) is 0 Å². The van der Waals surface area contributed by atoms with Crippen LogP contribution in [0.4, 0.5) is 11.6 Å². The van der Waals surface area contributed by atoms with Gasteiger partial charge in [0.2, 0.25) is 0 Å². The molecule has 2 aromatic heterocycles. The Balaban J connectivity index is 1.35. The topological polar surface area (TPSA) is 83.3 Å². The molecule has 2 N–H and O–H groups in total. The van der Waals surface area contributed by atoms with E-state index in [0.717, 1.165) is 48.7 Å². The first-order valence-electron chi connectivity index (χ1n) is 10.4. The third kappa shape index (κ3) is 5.04. The van der Waals surface area contributed by atoms with Crippen LogP contribution in [0.3, 0.4) is 0 Å². The van der Waals surface area contributed by atoms with Gasteiger partial charge in [0, 0.05) is 44.6 Å². The number of anilines is 2. The van der Waals surface area contributed by atoms with Crippen molar-refractivity contribution in [2.45, 2.75) is 25.9 Å². The molecule has 156 valence electrons. The summed E-state index contributed by atoms with van der Waals surface area (Å²) in [4.78, 5) is 22.8. The average Bonchev–Trinajstić information content (AvgIpc) is 2.80. The van der Waals surface area contributed by atoms with Gasteiger partial charge < -0.3 is 19.9 Å². The minimum absolute atomic E-state index is 0.00169. The molecule has 1 aliphatic heterocycles. The van der Waals surface area contributed by atoms with Crippen LogP contribution in [0.1, 0.15) is 24.0 Å². The molecule has 0 radical (unpaired) electrons. The van der Waals surface area contributed by atoms with Crippen LogP contribution in [0, 0.1) is 5.92 Å². The van der Waals surface area contributed by atoms with Gasteiger partial charge in [-0.3, -0.25) is 4.79 Å². The highest BCUT2D eigenvalue weighted by atomic mass is 16.3. The molecular formula is C23H27N5O2. The van der Waals surface area contributed by atoms with E-state index in [1.54, 1.807) is 29.2 Å². The van der Waals surface area contributed by atoms with E-state index < -0.39 is 0 Å². The number of aliphatic hydroxyl groups excluding tert-OH is 1. The van der Waals surface area contributed by atoms with Crippen molar-refractivity contribution < 1.29 is 5.11 Å². The SMILES string of the molecule is O=c1ccccn1Cc1ccc(CNc2cc(N3CCCC(CO)C3)ncn2)cc1. The highest BCUT2D eigenvalue weighted by Crippen LogP contribution is 2.22. The lowest BCUT2D eigenvalue weighted by atomic mass is 9.99. The van der Waals surface area contributed by atoms with Crippen molar-refractivity contribution in [1.82, 2.24) is 14.5 Å². The second-order valence-electron chi connectivity index (χ2n) is 7.74. The summed E-state index contributed by atoms with van der Waals surface area (Å²) in [7, 11) is 0. The third-order valence-electron chi connectivity index (χ3n) is 5.50. The summed E-state index contributed by atoms with van der Waals surface area (Å²) >= 11 is 0. The zero-order valence-corrected chi connectivity index (χ0v) is 16.9. The molecule has 30 heavy (non-hydrogen) atoms. The zero-order chi connectivity index (χ0) is 20.8. The number of benzene rings is 1. The zero-order valence-electron chi connectivity index (χ0n) is 16.9. The molecule has 1 atom stereocenters. The predicted octanol–water partition coefficient (Wildman–Crippen LogP) is 2.51. The fourth-order valence-electron chi connectivity index (χ4n) is 3.78. The van der Waals surface area contributed by atoms with Crippen LogP contribution in [0.2, 0.25) is 0 Å². The number of nitrogens with zero attached hydrogens (tertiary/aromatic N) is 4. The molecule has 0 spiro atoms. The summed E-state index contributed by atoms with van der Waals surface area (Å²) in [6.07, 6.45) is 5.52. The van der Waals surface area contributed by atoms with E-state index in [2.05, 4.69) is 32.3 Å². The summed E-state index contributed by atoms with van der Waals surface area (Å²) < 4.78 is 1.69. The second-order valence-corrected chi connectivity index (χ2v) is 7.74. The van der Waals surface area contributed by atoms with Gasteiger partial charge in [-0.25, -0.2) is 9.97 Å².